The smallest absolute Gasteiger partial charge is 0.237 e. The number of carbonyl (C=O) groups excluding carboxylic acids is 1. The number of benzene rings is 1. The predicted octanol–water partition coefficient (Wildman–Crippen LogP) is 1.44. The first-order valence-corrected chi connectivity index (χ1v) is 7.38. The van der Waals surface area contributed by atoms with Gasteiger partial charge < -0.3 is 16.2 Å². The molecule has 1 aromatic carbocycles. The van der Waals surface area contributed by atoms with E-state index in [2.05, 4.69) is 5.32 Å². The highest BCUT2D eigenvalue weighted by molar-refractivity contribution is 7.98. The van der Waals surface area contributed by atoms with Crippen molar-refractivity contribution in [2.24, 2.45) is 5.73 Å². The van der Waals surface area contributed by atoms with Crippen molar-refractivity contribution in [3.05, 3.63) is 35.1 Å². The molecule has 0 unspecified atom stereocenters. The molecule has 114 valence electrons. The number of hydrogen-bond acceptors (Lipinski definition) is 4. The van der Waals surface area contributed by atoms with E-state index in [1.54, 1.807) is 17.8 Å². The zero-order valence-corrected chi connectivity index (χ0v) is 12.9. The van der Waals surface area contributed by atoms with Gasteiger partial charge in [-0.05, 0) is 30.1 Å². The van der Waals surface area contributed by atoms with Crippen LogP contribution in [-0.4, -0.2) is 29.1 Å². The molecule has 0 radical (unpaired) electrons. The SMILES string of the molecule is CSCC[C@H](N)C(=O)NCc1ccc(CO)c(F)c1.Cl. The number of amides is 1. The van der Waals surface area contributed by atoms with Crippen LogP contribution in [0.25, 0.3) is 0 Å². The van der Waals surface area contributed by atoms with Gasteiger partial charge in [-0.15, -0.1) is 12.4 Å². The predicted molar refractivity (Wildman–Crippen MR) is 82.4 cm³/mol. The quantitative estimate of drug-likeness (QED) is 0.710. The van der Waals surface area contributed by atoms with Crippen LogP contribution in [0.5, 0.6) is 0 Å². The van der Waals surface area contributed by atoms with Crippen molar-refractivity contribution >= 4 is 30.1 Å². The normalized spacial score (nSPS) is 11.6. The summed E-state index contributed by atoms with van der Waals surface area (Å²) < 4.78 is 13.4. The van der Waals surface area contributed by atoms with Crippen molar-refractivity contribution < 1.29 is 14.3 Å². The van der Waals surface area contributed by atoms with Crippen LogP contribution in [0, 0.1) is 5.82 Å². The Bertz CT molecular complexity index is 435. The van der Waals surface area contributed by atoms with Crippen LogP contribution in [0.3, 0.4) is 0 Å². The minimum absolute atomic E-state index is 0. The van der Waals surface area contributed by atoms with E-state index in [4.69, 9.17) is 10.8 Å². The lowest BCUT2D eigenvalue weighted by Crippen LogP contribution is -2.40. The molecule has 1 rings (SSSR count). The summed E-state index contributed by atoms with van der Waals surface area (Å²) >= 11 is 1.63. The van der Waals surface area contributed by atoms with Gasteiger partial charge in [0.05, 0.1) is 12.6 Å². The fourth-order valence-corrected chi connectivity index (χ4v) is 2.01. The molecule has 0 aliphatic heterocycles. The Hall–Kier alpha value is -0.820. The van der Waals surface area contributed by atoms with Gasteiger partial charge in [-0.1, -0.05) is 12.1 Å². The maximum atomic E-state index is 13.4. The Morgan fingerprint density at radius 2 is 2.25 bits per heavy atom. The monoisotopic (exact) mass is 322 g/mol. The molecule has 0 fully saturated rings. The van der Waals surface area contributed by atoms with Crippen molar-refractivity contribution in [1.82, 2.24) is 5.32 Å². The van der Waals surface area contributed by atoms with Gasteiger partial charge in [0.15, 0.2) is 0 Å². The zero-order valence-electron chi connectivity index (χ0n) is 11.3. The third-order valence-corrected chi connectivity index (χ3v) is 3.37. The number of halogens is 2. The second-order valence-electron chi connectivity index (χ2n) is 4.19. The molecule has 0 bridgehead atoms. The molecule has 0 saturated heterocycles. The second kappa shape index (κ2) is 9.99. The average molecular weight is 323 g/mol. The number of hydrogen-bond donors (Lipinski definition) is 3. The van der Waals surface area contributed by atoms with E-state index in [1.807, 2.05) is 6.26 Å². The van der Waals surface area contributed by atoms with Crippen LogP contribution in [0.15, 0.2) is 18.2 Å². The lowest BCUT2D eigenvalue weighted by Gasteiger charge is -2.12. The van der Waals surface area contributed by atoms with Gasteiger partial charge in [-0.2, -0.15) is 11.8 Å². The molecule has 0 heterocycles. The third-order valence-electron chi connectivity index (χ3n) is 2.72. The average Bonchev–Trinajstić information content (AvgIpc) is 2.42. The summed E-state index contributed by atoms with van der Waals surface area (Å²) in [4.78, 5) is 11.7. The van der Waals surface area contributed by atoms with Gasteiger partial charge >= 0.3 is 0 Å². The number of nitrogens with two attached hydrogens (primary N) is 1. The van der Waals surface area contributed by atoms with Gasteiger partial charge in [0.25, 0.3) is 0 Å². The highest BCUT2D eigenvalue weighted by atomic mass is 35.5. The number of carbonyl (C=O) groups is 1. The Morgan fingerprint density at radius 3 is 2.80 bits per heavy atom. The summed E-state index contributed by atoms with van der Waals surface area (Å²) in [6, 6.07) is 3.94. The first kappa shape index (κ1) is 19.2. The van der Waals surface area contributed by atoms with Crippen LogP contribution in [-0.2, 0) is 17.9 Å². The summed E-state index contributed by atoms with van der Waals surface area (Å²) in [6.07, 6.45) is 2.57. The van der Waals surface area contributed by atoms with Crippen molar-refractivity contribution in [2.45, 2.75) is 25.6 Å². The number of aliphatic hydroxyl groups is 1. The van der Waals surface area contributed by atoms with Gasteiger partial charge in [0.1, 0.15) is 5.82 Å². The first-order chi connectivity index (χ1) is 9.08. The van der Waals surface area contributed by atoms with E-state index in [0.29, 0.717) is 12.0 Å². The van der Waals surface area contributed by atoms with Crippen molar-refractivity contribution in [3.8, 4) is 0 Å². The van der Waals surface area contributed by atoms with Gasteiger partial charge in [-0.25, -0.2) is 4.39 Å². The van der Waals surface area contributed by atoms with Crippen LogP contribution in [0.1, 0.15) is 17.5 Å². The number of aliphatic hydroxyl groups excluding tert-OH is 1. The van der Waals surface area contributed by atoms with Crippen LogP contribution >= 0.6 is 24.2 Å². The number of thioether (sulfide) groups is 1. The molecule has 0 aliphatic rings. The van der Waals surface area contributed by atoms with Gasteiger partial charge in [0.2, 0.25) is 5.91 Å². The minimum atomic E-state index is -0.533. The molecule has 20 heavy (non-hydrogen) atoms. The Labute approximate surface area is 128 Å². The summed E-state index contributed by atoms with van der Waals surface area (Å²) in [7, 11) is 0. The minimum Gasteiger partial charge on any atom is -0.392 e. The van der Waals surface area contributed by atoms with Crippen LogP contribution in [0.2, 0.25) is 0 Å². The van der Waals surface area contributed by atoms with Crippen LogP contribution in [0.4, 0.5) is 4.39 Å². The Balaban J connectivity index is 0.00000361. The van der Waals surface area contributed by atoms with Crippen molar-refractivity contribution in [2.75, 3.05) is 12.0 Å². The maximum Gasteiger partial charge on any atom is 0.237 e. The number of nitrogens with one attached hydrogen (secondary N) is 1. The molecular formula is C13H20ClFN2O2S. The molecule has 1 aromatic rings. The molecule has 0 saturated carbocycles. The highest BCUT2D eigenvalue weighted by Gasteiger charge is 2.12. The molecule has 1 amide bonds. The summed E-state index contributed by atoms with van der Waals surface area (Å²) in [6.45, 7) is -0.105. The fraction of sp³-hybridized carbons (Fsp3) is 0.462. The van der Waals surface area contributed by atoms with E-state index in [-0.39, 0.29) is 37.0 Å². The first-order valence-electron chi connectivity index (χ1n) is 5.99. The molecule has 0 aromatic heterocycles. The lowest BCUT2D eigenvalue weighted by molar-refractivity contribution is -0.122. The molecule has 1 atom stereocenters. The van der Waals surface area contributed by atoms with Gasteiger partial charge in [-0.3, -0.25) is 4.79 Å². The zero-order chi connectivity index (χ0) is 14.3. The third kappa shape index (κ3) is 6.09. The van der Waals surface area contributed by atoms with Crippen molar-refractivity contribution in [3.63, 3.8) is 0 Å². The molecule has 4 nitrogen and oxygen atoms in total. The van der Waals surface area contributed by atoms with E-state index in [0.717, 1.165) is 5.75 Å². The summed E-state index contributed by atoms with van der Waals surface area (Å²) in [5.41, 5.74) is 6.59. The molecule has 7 heteroatoms. The highest BCUT2D eigenvalue weighted by Crippen LogP contribution is 2.10. The fourth-order valence-electron chi connectivity index (χ4n) is 1.53. The second-order valence-corrected chi connectivity index (χ2v) is 5.18. The lowest BCUT2D eigenvalue weighted by atomic mass is 10.1. The maximum absolute atomic E-state index is 13.4. The van der Waals surface area contributed by atoms with E-state index < -0.39 is 11.9 Å². The molecular weight excluding hydrogens is 303 g/mol. The van der Waals surface area contributed by atoms with Crippen LogP contribution < -0.4 is 11.1 Å². The molecule has 4 N–H and O–H groups in total. The molecule has 0 aliphatic carbocycles. The van der Waals surface area contributed by atoms with E-state index in [1.165, 1.54) is 12.1 Å². The van der Waals surface area contributed by atoms with E-state index in [9.17, 15) is 9.18 Å². The van der Waals surface area contributed by atoms with E-state index >= 15 is 0 Å². The Morgan fingerprint density at radius 1 is 1.55 bits per heavy atom. The summed E-state index contributed by atoms with van der Waals surface area (Å²) in [5, 5.41) is 11.5. The standard InChI is InChI=1S/C13H19FN2O2S.ClH/c1-19-5-4-12(15)13(18)16-7-9-2-3-10(8-17)11(14)6-9;/h2-3,6,12,17H,4-5,7-8,15H2,1H3,(H,16,18);1H/t12-;/m0./s1. The van der Waals surface area contributed by atoms with Crippen molar-refractivity contribution in [1.29, 1.82) is 0 Å². The van der Waals surface area contributed by atoms with Gasteiger partial charge in [0, 0.05) is 12.1 Å². The summed E-state index contributed by atoms with van der Waals surface area (Å²) in [5.74, 6) is 0.121. The number of rotatable bonds is 7. The largest absolute Gasteiger partial charge is 0.392 e. The topological polar surface area (TPSA) is 75.4 Å². The molecule has 0 spiro atoms. The Kier molecular flexibility index (Phi) is 9.58.